The summed E-state index contributed by atoms with van der Waals surface area (Å²) in [5.41, 5.74) is 1.31. The molecule has 6 nitrogen and oxygen atoms in total. The molecule has 36 heavy (non-hydrogen) atoms. The first-order chi connectivity index (χ1) is 17.2. The number of carbonyl (C=O) groups excluding carboxylic acids is 2. The lowest BCUT2D eigenvalue weighted by molar-refractivity contribution is -0.143. The molecule has 0 unspecified atom stereocenters. The average Bonchev–Trinajstić information content (AvgIpc) is 2.85. The molecule has 0 spiro atoms. The second-order valence-corrected chi connectivity index (χ2v) is 9.94. The van der Waals surface area contributed by atoms with Crippen LogP contribution in [0.3, 0.4) is 0 Å². The highest BCUT2D eigenvalue weighted by Gasteiger charge is 2.32. The lowest BCUT2D eigenvalue weighted by atomic mass is 10.0. The predicted octanol–water partition coefficient (Wildman–Crippen LogP) is 5.28. The van der Waals surface area contributed by atoms with Gasteiger partial charge in [-0.1, -0.05) is 66.2 Å². The number of hydrogen-bond acceptors (Lipinski definition) is 4. The third kappa shape index (κ3) is 8.02. The Hall–Kier alpha value is -3.51. The maximum absolute atomic E-state index is 13.6. The normalized spacial score (nSPS) is 11.9. The molecule has 0 aromatic heterocycles. The molecule has 3 rings (SSSR count). The predicted molar refractivity (Wildman–Crippen MR) is 142 cm³/mol. The number of ether oxygens (including phenoxy) is 2. The largest absolute Gasteiger partial charge is 0.497 e. The monoisotopic (exact) mass is 508 g/mol. The second kappa shape index (κ2) is 12.5. The molecule has 1 atom stereocenters. The van der Waals surface area contributed by atoms with Crippen LogP contribution in [0, 0.1) is 0 Å². The number of amides is 2. The topological polar surface area (TPSA) is 67.9 Å². The van der Waals surface area contributed by atoms with E-state index in [-0.39, 0.29) is 25.0 Å². The molecule has 3 aromatic carbocycles. The lowest BCUT2D eigenvalue weighted by Crippen LogP contribution is -2.55. The van der Waals surface area contributed by atoms with Crippen molar-refractivity contribution in [3.05, 3.63) is 95.0 Å². The van der Waals surface area contributed by atoms with Crippen LogP contribution in [0.4, 0.5) is 0 Å². The summed E-state index contributed by atoms with van der Waals surface area (Å²) in [7, 11) is 1.59. The molecule has 0 heterocycles. The Balaban J connectivity index is 1.95. The van der Waals surface area contributed by atoms with Crippen LogP contribution in [0.2, 0.25) is 5.02 Å². The van der Waals surface area contributed by atoms with E-state index in [2.05, 4.69) is 5.32 Å². The number of rotatable bonds is 10. The molecule has 2 amide bonds. The van der Waals surface area contributed by atoms with Gasteiger partial charge in [-0.05, 0) is 56.2 Å². The number of methoxy groups -OCH3 is 1. The van der Waals surface area contributed by atoms with Gasteiger partial charge in [0.1, 0.15) is 17.5 Å². The maximum Gasteiger partial charge on any atom is 0.261 e. The summed E-state index contributed by atoms with van der Waals surface area (Å²) in [5.74, 6) is 0.515. The third-order valence-electron chi connectivity index (χ3n) is 5.44. The van der Waals surface area contributed by atoms with Crippen molar-refractivity contribution >= 4 is 23.4 Å². The summed E-state index contributed by atoms with van der Waals surface area (Å²) < 4.78 is 11.1. The quantitative estimate of drug-likeness (QED) is 0.404. The van der Waals surface area contributed by atoms with Crippen molar-refractivity contribution in [2.45, 2.75) is 45.3 Å². The molecule has 0 aliphatic carbocycles. The summed E-state index contributed by atoms with van der Waals surface area (Å²) in [6.07, 6.45) is 0.352. The van der Waals surface area contributed by atoms with Crippen molar-refractivity contribution in [1.82, 2.24) is 10.2 Å². The van der Waals surface area contributed by atoms with Crippen molar-refractivity contribution < 1.29 is 19.1 Å². The van der Waals surface area contributed by atoms with Crippen molar-refractivity contribution in [2.24, 2.45) is 0 Å². The molecule has 0 radical (unpaired) electrons. The average molecular weight is 509 g/mol. The minimum atomic E-state index is -0.764. The van der Waals surface area contributed by atoms with Crippen LogP contribution in [-0.4, -0.2) is 42.0 Å². The van der Waals surface area contributed by atoms with Gasteiger partial charge in [0, 0.05) is 18.5 Å². The van der Waals surface area contributed by atoms with Gasteiger partial charge in [0.15, 0.2) is 6.61 Å². The molecule has 0 saturated heterocycles. The molecule has 0 aliphatic heterocycles. The van der Waals surface area contributed by atoms with Crippen molar-refractivity contribution in [3.63, 3.8) is 0 Å². The van der Waals surface area contributed by atoms with E-state index in [0.29, 0.717) is 22.9 Å². The van der Waals surface area contributed by atoms with E-state index in [0.717, 1.165) is 11.1 Å². The highest BCUT2D eigenvalue weighted by molar-refractivity contribution is 6.32. The fraction of sp³-hybridized carbons (Fsp3) is 0.310. The van der Waals surface area contributed by atoms with E-state index in [9.17, 15) is 9.59 Å². The zero-order chi connectivity index (χ0) is 26.1. The van der Waals surface area contributed by atoms with Gasteiger partial charge in [-0.3, -0.25) is 9.59 Å². The van der Waals surface area contributed by atoms with Crippen LogP contribution in [0.15, 0.2) is 78.9 Å². The van der Waals surface area contributed by atoms with E-state index >= 15 is 0 Å². The highest BCUT2D eigenvalue weighted by atomic mass is 35.5. The number of nitrogens with zero attached hydrogens (tertiary/aromatic N) is 1. The van der Waals surface area contributed by atoms with Crippen LogP contribution in [0.25, 0.3) is 0 Å². The first-order valence-electron chi connectivity index (χ1n) is 11.8. The van der Waals surface area contributed by atoms with Gasteiger partial charge in [0.05, 0.1) is 12.1 Å². The number of para-hydroxylation sites is 1. The van der Waals surface area contributed by atoms with Crippen LogP contribution >= 0.6 is 11.6 Å². The zero-order valence-electron chi connectivity index (χ0n) is 21.2. The van der Waals surface area contributed by atoms with E-state index in [1.54, 1.807) is 36.3 Å². The Morgan fingerprint density at radius 2 is 1.61 bits per heavy atom. The van der Waals surface area contributed by atoms with E-state index < -0.39 is 11.6 Å². The number of benzene rings is 3. The third-order valence-corrected chi connectivity index (χ3v) is 5.76. The van der Waals surface area contributed by atoms with Gasteiger partial charge in [-0.15, -0.1) is 0 Å². The Morgan fingerprint density at radius 1 is 0.944 bits per heavy atom. The van der Waals surface area contributed by atoms with Gasteiger partial charge in [0.2, 0.25) is 5.91 Å². The molecule has 3 aromatic rings. The first kappa shape index (κ1) is 27.1. The van der Waals surface area contributed by atoms with Crippen LogP contribution in [-0.2, 0) is 22.6 Å². The molecule has 0 bridgehead atoms. The molecule has 0 saturated carbocycles. The minimum Gasteiger partial charge on any atom is -0.497 e. The molecule has 0 aliphatic rings. The second-order valence-electron chi connectivity index (χ2n) is 9.54. The lowest BCUT2D eigenvalue weighted by Gasteiger charge is -2.33. The summed E-state index contributed by atoms with van der Waals surface area (Å²) >= 11 is 6.22. The highest BCUT2D eigenvalue weighted by Crippen LogP contribution is 2.24. The van der Waals surface area contributed by atoms with E-state index in [1.165, 1.54) is 0 Å². The fourth-order valence-corrected chi connectivity index (χ4v) is 3.95. The summed E-state index contributed by atoms with van der Waals surface area (Å²) in [5, 5.41) is 3.46. The molecular formula is C29H33ClN2O4. The van der Waals surface area contributed by atoms with E-state index in [1.807, 2.05) is 75.4 Å². The Kier molecular flexibility index (Phi) is 9.37. The van der Waals surface area contributed by atoms with Gasteiger partial charge in [-0.2, -0.15) is 0 Å². The Morgan fingerprint density at radius 3 is 2.28 bits per heavy atom. The number of hydrogen-bond donors (Lipinski definition) is 1. The summed E-state index contributed by atoms with van der Waals surface area (Å²) in [6.45, 7) is 5.69. The number of halogens is 1. The molecule has 1 N–H and O–H groups in total. The van der Waals surface area contributed by atoms with Crippen molar-refractivity contribution in [3.8, 4) is 11.5 Å². The van der Waals surface area contributed by atoms with E-state index in [4.69, 9.17) is 21.1 Å². The van der Waals surface area contributed by atoms with Gasteiger partial charge < -0.3 is 19.7 Å². The van der Waals surface area contributed by atoms with Gasteiger partial charge >= 0.3 is 0 Å². The molecule has 0 fully saturated rings. The fourth-order valence-electron chi connectivity index (χ4n) is 3.76. The summed E-state index contributed by atoms with van der Waals surface area (Å²) in [6, 6.07) is 23.3. The maximum atomic E-state index is 13.6. The van der Waals surface area contributed by atoms with Gasteiger partial charge in [-0.25, -0.2) is 0 Å². The number of nitrogens with one attached hydrogen (secondary N) is 1. The van der Waals surface area contributed by atoms with Crippen LogP contribution in [0.5, 0.6) is 11.5 Å². The summed E-state index contributed by atoms with van der Waals surface area (Å²) in [4.78, 5) is 28.8. The smallest absolute Gasteiger partial charge is 0.261 e. The zero-order valence-corrected chi connectivity index (χ0v) is 21.9. The SMILES string of the molecule is COc1cccc(CN(C(=O)COc2ccccc2Cl)[C@H](Cc2ccccc2)C(=O)NC(C)(C)C)c1. The molecular weight excluding hydrogens is 476 g/mol. The standard InChI is InChI=1S/C29H33ClN2O4/c1-29(2,3)31-28(34)25(18-21-11-6-5-7-12-21)32(19-22-13-10-14-23(17-22)35-4)27(33)20-36-26-16-9-8-15-24(26)30/h5-17,25H,18-20H2,1-4H3,(H,31,34)/t25-/m1/s1. The number of carbonyl (C=O) groups is 2. The van der Waals surface area contributed by atoms with Crippen LogP contribution in [0.1, 0.15) is 31.9 Å². The molecule has 7 heteroatoms. The Bertz CT molecular complexity index is 1160. The van der Waals surface area contributed by atoms with Gasteiger partial charge in [0.25, 0.3) is 5.91 Å². The van der Waals surface area contributed by atoms with Crippen molar-refractivity contribution in [2.75, 3.05) is 13.7 Å². The first-order valence-corrected chi connectivity index (χ1v) is 12.2. The van der Waals surface area contributed by atoms with Crippen molar-refractivity contribution in [1.29, 1.82) is 0 Å². The molecule has 190 valence electrons. The minimum absolute atomic E-state index is 0.205. The van der Waals surface area contributed by atoms with Crippen LogP contribution < -0.4 is 14.8 Å². The Labute approximate surface area is 218 Å².